The van der Waals surface area contributed by atoms with Crippen molar-refractivity contribution in [1.82, 2.24) is 10.2 Å². The summed E-state index contributed by atoms with van der Waals surface area (Å²) in [5.41, 5.74) is 2.42. The summed E-state index contributed by atoms with van der Waals surface area (Å²) < 4.78 is 11.3. The van der Waals surface area contributed by atoms with E-state index in [0.29, 0.717) is 13.2 Å². The molecule has 0 aliphatic carbocycles. The van der Waals surface area contributed by atoms with Crippen LogP contribution in [0, 0.1) is 0 Å². The molecule has 1 atom stereocenters. The monoisotopic (exact) mass is 290 g/mol. The van der Waals surface area contributed by atoms with Crippen LogP contribution in [0.4, 0.5) is 4.79 Å². The first kappa shape index (κ1) is 14.0. The van der Waals surface area contributed by atoms with Crippen LogP contribution >= 0.6 is 0 Å². The van der Waals surface area contributed by atoms with Crippen LogP contribution in [0.1, 0.15) is 37.4 Å². The van der Waals surface area contributed by atoms with Crippen molar-refractivity contribution in [3.05, 3.63) is 23.3 Å². The van der Waals surface area contributed by atoms with Gasteiger partial charge in [-0.25, -0.2) is 4.79 Å². The number of nitrogens with zero attached hydrogens (tertiary/aromatic N) is 1. The predicted octanol–water partition coefficient (Wildman–Crippen LogP) is 2.50. The van der Waals surface area contributed by atoms with Gasteiger partial charge in [0.15, 0.2) is 11.5 Å². The summed E-state index contributed by atoms with van der Waals surface area (Å²) in [5.74, 6) is 1.62. The lowest BCUT2D eigenvalue weighted by Crippen LogP contribution is -2.45. The number of hydrogen-bond donors (Lipinski definition) is 1. The largest absolute Gasteiger partial charge is 0.486 e. The quantitative estimate of drug-likeness (QED) is 0.910. The van der Waals surface area contributed by atoms with Crippen LogP contribution in [0.15, 0.2) is 12.1 Å². The number of carbonyl (C=O) groups excluding carboxylic acids is 1. The van der Waals surface area contributed by atoms with E-state index in [1.165, 1.54) is 5.56 Å². The van der Waals surface area contributed by atoms with Crippen LogP contribution < -0.4 is 14.8 Å². The second-order valence-corrected chi connectivity index (χ2v) is 5.55. The van der Waals surface area contributed by atoms with E-state index in [1.807, 2.05) is 11.0 Å². The molecule has 2 aliphatic rings. The fraction of sp³-hybridized carbons (Fsp3) is 0.562. The number of ether oxygens (including phenoxy) is 2. The van der Waals surface area contributed by atoms with Crippen LogP contribution in [0.3, 0.4) is 0 Å². The Labute approximate surface area is 125 Å². The number of amides is 2. The van der Waals surface area contributed by atoms with E-state index in [2.05, 4.69) is 25.2 Å². The zero-order valence-electron chi connectivity index (χ0n) is 12.6. The zero-order chi connectivity index (χ0) is 14.8. The third kappa shape index (κ3) is 2.64. The van der Waals surface area contributed by atoms with Gasteiger partial charge in [0.1, 0.15) is 13.2 Å². The smallest absolute Gasteiger partial charge is 0.317 e. The summed E-state index contributed by atoms with van der Waals surface area (Å²) in [7, 11) is 0. The molecule has 0 saturated heterocycles. The number of urea groups is 1. The molecule has 0 aromatic heterocycles. The minimum absolute atomic E-state index is 0.0184. The second-order valence-electron chi connectivity index (χ2n) is 5.55. The molecule has 2 heterocycles. The topological polar surface area (TPSA) is 50.8 Å². The average Bonchev–Trinajstić information content (AvgIpc) is 2.51. The van der Waals surface area contributed by atoms with Gasteiger partial charge in [-0.05, 0) is 43.0 Å². The van der Waals surface area contributed by atoms with E-state index in [1.54, 1.807) is 0 Å². The normalized spacial score (nSPS) is 19.9. The van der Waals surface area contributed by atoms with Crippen LogP contribution in [0.5, 0.6) is 11.5 Å². The highest BCUT2D eigenvalue weighted by atomic mass is 16.6. The number of rotatable bonds is 2. The van der Waals surface area contributed by atoms with E-state index < -0.39 is 0 Å². The molecule has 1 N–H and O–H groups in total. The van der Waals surface area contributed by atoms with Crippen molar-refractivity contribution in [2.24, 2.45) is 0 Å². The minimum atomic E-state index is 0.0184. The molecule has 0 bridgehead atoms. The van der Waals surface area contributed by atoms with Crippen LogP contribution in [-0.4, -0.2) is 37.2 Å². The molecule has 21 heavy (non-hydrogen) atoms. The Kier molecular flexibility index (Phi) is 3.90. The summed E-state index contributed by atoms with van der Waals surface area (Å²) in [6.45, 7) is 6.77. The Morgan fingerprint density at radius 1 is 1.33 bits per heavy atom. The second kappa shape index (κ2) is 5.84. The van der Waals surface area contributed by atoms with Crippen LogP contribution in [0.25, 0.3) is 0 Å². The number of hydrogen-bond acceptors (Lipinski definition) is 3. The van der Waals surface area contributed by atoms with Crippen molar-refractivity contribution >= 4 is 6.03 Å². The van der Waals surface area contributed by atoms with Gasteiger partial charge in [-0.3, -0.25) is 0 Å². The third-order valence-electron chi connectivity index (χ3n) is 4.13. The SMILES string of the molecule is CCCNC(=O)N1CCc2cc3c(cc2C1C)OCCO3. The lowest BCUT2D eigenvalue weighted by atomic mass is 9.93. The lowest BCUT2D eigenvalue weighted by molar-refractivity contribution is 0.165. The van der Waals surface area contributed by atoms with E-state index >= 15 is 0 Å². The summed E-state index contributed by atoms with van der Waals surface area (Å²) in [6, 6.07) is 4.18. The molecule has 2 aliphatic heterocycles. The molecule has 0 spiro atoms. The fourth-order valence-corrected chi connectivity index (χ4v) is 2.97. The maximum atomic E-state index is 12.2. The first-order chi connectivity index (χ1) is 10.2. The fourth-order valence-electron chi connectivity index (χ4n) is 2.97. The zero-order valence-corrected chi connectivity index (χ0v) is 12.6. The Morgan fingerprint density at radius 3 is 2.76 bits per heavy atom. The Hall–Kier alpha value is -1.91. The van der Waals surface area contributed by atoms with E-state index in [-0.39, 0.29) is 12.1 Å². The highest BCUT2D eigenvalue weighted by Crippen LogP contribution is 2.39. The van der Waals surface area contributed by atoms with Crippen LogP contribution in [0.2, 0.25) is 0 Å². The first-order valence-electron chi connectivity index (χ1n) is 7.67. The Bertz CT molecular complexity index is 545. The molecule has 1 aromatic carbocycles. The molecule has 2 amide bonds. The standard InChI is InChI=1S/C16H22N2O3/c1-3-5-17-16(19)18-6-4-12-9-14-15(21-8-7-20-14)10-13(12)11(18)2/h9-11H,3-8H2,1-2H3,(H,17,19). The third-order valence-corrected chi connectivity index (χ3v) is 4.13. The van der Waals surface area contributed by atoms with Crippen molar-refractivity contribution < 1.29 is 14.3 Å². The van der Waals surface area contributed by atoms with Gasteiger partial charge in [-0.1, -0.05) is 6.92 Å². The van der Waals surface area contributed by atoms with Gasteiger partial charge in [0.2, 0.25) is 0 Å². The molecular weight excluding hydrogens is 268 g/mol. The van der Waals surface area contributed by atoms with Gasteiger partial charge in [-0.2, -0.15) is 0 Å². The summed E-state index contributed by atoms with van der Waals surface area (Å²) in [4.78, 5) is 14.1. The van der Waals surface area contributed by atoms with Gasteiger partial charge in [0.25, 0.3) is 0 Å². The molecule has 5 nitrogen and oxygen atoms in total. The molecule has 0 saturated carbocycles. The molecule has 0 fully saturated rings. The molecular formula is C16H22N2O3. The van der Waals surface area contributed by atoms with Crippen molar-refractivity contribution in [1.29, 1.82) is 0 Å². The molecule has 5 heteroatoms. The van der Waals surface area contributed by atoms with Crippen molar-refractivity contribution in [2.75, 3.05) is 26.3 Å². The number of nitrogens with one attached hydrogen (secondary N) is 1. The van der Waals surface area contributed by atoms with Crippen molar-refractivity contribution in [3.63, 3.8) is 0 Å². The van der Waals surface area contributed by atoms with Gasteiger partial charge in [0, 0.05) is 13.1 Å². The maximum absolute atomic E-state index is 12.2. The number of carbonyl (C=O) groups is 1. The molecule has 114 valence electrons. The highest BCUT2D eigenvalue weighted by molar-refractivity contribution is 5.75. The van der Waals surface area contributed by atoms with Gasteiger partial charge >= 0.3 is 6.03 Å². The van der Waals surface area contributed by atoms with Crippen molar-refractivity contribution in [2.45, 2.75) is 32.7 Å². The highest BCUT2D eigenvalue weighted by Gasteiger charge is 2.29. The van der Waals surface area contributed by atoms with E-state index in [4.69, 9.17) is 9.47 Å². The maximum Gasteiger partial charge on any atom is 0.317 e. The molecule has 0 radical (unpaired) electrons. The summed E-state index contributed by atoms with van der Waals surface area (Å²) >= 11 is 0. The Balaban J connectivity index is 1.84. The number of fused-ring (bicyclic) bond motifs is 2. The number of benzene rings is 1. The lowest BCUT2D eigenvalue weighted by Gasteiger charge is -2.36. The van der Waals surface area contributed by atoms with Crippen molar-refractivity contribution in [3.8, 4) is 11.5 Å². The van der Waals surface area contributed by atoms with Crippen LogP contribution in [-0.2, 0) is 6.42 Å². The predicted molar refractivity (Wildman–Crippen MR) is 79.9 cm³/mol. The average molecular weight is 290 g/mol. The van der Waals surface area contributed by atoms with Gasteiger partial charge in [0.05, 0.1) is 6.04 Å². The Morgan fingerprint density at radius 2 is 2.05 bits per heavy atom. The summed E-state index contributed by atoms with van der Waals surface area (Å²) in [5, 5.41) is 2.96. The first-order valence-corrected chi connectivity index (χ1v) is 7.67. The molecule has 3 rings (SSSR count). The van der Waals surface area contributed by atoms with Gasteiger partial charge < -0.3 is 19.7 Å². The van der Waals surface area contributed by atoms with Gasteiger partial charge in [-0.15, -0.1) is 0 Å². The molecule has 1 unspecified atom stereocenters. The molecule has 1 aromatic rings. The van der Waals surface area contributed by atoms with E-state index in [0.717, 1.165) is 43.0 Å². The summed E-state index contributed by atoms with van der Waals surface area (Å²) in [6.07, 6.45) is 1.80. The minimum Gasteiger partial charge on any atom is -0.486 e. The van der Waals surface area contributed by atoms with E-state index in [9.17, 15) is 4.79 Å².